The molecule has 3 heterocycles. The van der Waals surface area contributed by atoms with E-state index in [-0.39, 0.29) is 11.5 Å². The van der Waals surface area contributed by atoms with Crippen LogP contribution in [0, 0.1) is 0 Å². The zero-order valence-electron chi connectivity index (χ0n) is 8.68. The number of nitrogens with two attached hydrogens (primary N) is 1. The van der Waals surface area contributed by atoms with Crippen LogP contribution in [0.3, 0.4) is 0 Å². The van der Waals surface area contributed by atoms with E-state index >= 15 is 0 Å². The van der Waals surface area contributed by atoms with Gasteiger partial charge in [-0.3, -0.25) is 14.8 Å². The van der Waals surface area contributed by atoms with E-state index in [1.165, 1.54) is 11.3 Å². The van der Waals surface area contributed by atoms with Crippen LogP contribution in [-0.2, 0) is 0 Å². The van der Waals surface area contributed by atoms with Crippen molar-refractivity contribution in [1.82, 2.24) is 15.0 Å². The molecule has 0 amide bonds. The maximum absolute atomic E-state index is 11.9. The largest absolute Gasteiger partial charge is 0.369 e. The Morgan fingerprint density at radius 2 is 2.29 bits per heavy atom. The van der Waals surface area contributed by atoms with Crippen LogP contribution in [0.15, 0.2) is 34.7 Å². The molecular formula is C11H8N4OS. The Morgan fingerprint density at radius 3 is 3.06 bits per heavy atom. The highest BCUT2D eigenvalue weighted by atomic mass is 32.1. The van der Waals surface area contributed by atoms with Crippen LogP contribution in [0.5, 0.6) is 0 Å². The average Bonchev–Trinajstić information content (AvgIpc) is 2.74. The number of hydrogen-bond donors (Lipinski definition) is 2. The van der Waals surface area contributed by atoms with Crippen molar-refractivity contribution in [2.75, 3.05) is 5.73 Å². The fourth-order valence-electron chi connectivity index (χ4n) is 1.70. The molecule has 3 N–H and O–H groups in total. The van der Waals surface area contributed by atoms with Gasteiger partial charge in [0.15, 0.2) is 0 Å². The molecule has 0 atom stereocenters. The maximum Gasteiger partial charge on any atom is 0.261 e. The summed E-state index contributed by atoms with van der Waals surface area (Å²) in [5.74, 6) is 0.141. The van der Waals surface area contributed by atoms with Crippen molar-refractivity contribution in [3.05, 3.63) is 40.3 Å². The summed E-state index contributed by atoms with van der Waals surface area (Å²) in [5.41, 5.74) is 7.02. The van der Waals surface area contributed by atoms with Gasteiger partial charge in [0.05, 0.1) is 5.39 Å². The quantitative estimate of drug-likeness (QED) is 0.681. The summed E-state index contributed by atoms with van der Waals surface area (Å²) in [4.78, 5) is 23.2. The molecule has 0 bridgehead atoms. The third-order valence-corrected chi connectivity index (χ3v) is 3.31. The summed E-state index contributed by atoms with van der Waals surface area (Å²) in [6.07, 6.45) is 3.41. The molecule has 6 heteroatoms. The highest BCUT2D eigenvalue weighted by molar-refractivity contribution is 7.17. The van der Waals surface area contributed by atoms with Gasteiger partial charge in [-0.1, -0.05) is 6.07 Å². The van der Waals surface area contributed by atoms with E-state index in [4.69, 9.17) is 5.73 Å². The second-order valence-corrected chi connectivity index (χ2v) is 4.38. The van der Waals surface area contributed by atoms with Crippen molar-refractivity contribution >= 4 is 27.5 Å². The number of aromatic nitrogens is 3. The Bertz CT molecular complexity index is 732. The summed E-state index contributed by atoms with van der Waals surface area (Å²) in [6, 6.07) is 3.74. The molecule has 0 aliphatic heterocycles. The van der Waals surface area contributed by atoms with Gasteiger partial charge in [-0.05, 0) is 6.07 Å². The van der Waals surface area contributed by atoms with E-state index in [0.29, 0.717) is 10.2 Å². The number of nitrogen functional groups attached to an aromatic ring is 1. The molecule has 0 saturated heterocycles. The topological polar surface area (TPSA) is 84.7 Å². The van der Waals surface area contributed by atoms with Crippen LogP contribution in [0.1, 0.15) is 0 Å². The summed E-state index contributed by atoms with van der Waals surface area (Å²) in [6.45, 7) is 0. The number of pyridine rings is 1. The Labute approximate surface area is 100.0 Å². The van der Waals surface area contributed by atoms with Gasteiger partial charge in [0, 0.05) is 28.9 Å². The number of H-pyrrole nitrogens is 1. The van der Waals surface area contributed by atoms with Gasteiger partial charge < -0.3 is 5.73 Å². The number of hydrogen-bond acceptors (Lipinski definition) is 5. The maximum atomic E-state index is 11.9. The summed E-state index contributed by atoms with van der Waals surface area (Å²) < 4.78 is 0. The molecule has 0 unspecified atom stereocenters. The molecule has 3 aromatic rings. The van der Waals surface area contributed by atoms with Crippen LogP contribution in [0.2, 0.25) is 0 Å². The van der Waals surface area contributed by atoms with Crippen molar-refractivity contribution in [2.24, 2.45) is 0 Å². The van der Waals surface area contributed by atoms with Gasteiger partial charge in [0.1, 0.15) is 4.83 Å². The Hall–Kier alpha value is -2.21. The summed E-state index contributed by atoms with van der Waals surface area (Å²) in [5, 5.41) is 2.46. The second-order valence-electron chi connectivity index (χ2n) is 3.52. The molecule has 3 aromatic heterocycles. The van der Waals surface area contributed by atoms with Gasteiger partial charge >= 0.3 is 0 Å². The zero-order valence-corrected chi connectivity index (χ0v) is 9.49. The van der Waals surface area contributed by atoms with Gasteiger partial charge in [0.25, 0.3) is 5.56 Å². The van der Waals surface area contributed by atoms with Gasteiger partial charge in [0.2, 0.25) is 5.95 Å². The first kappa shape index (κ1) is 9.98. The molecule has 0 aliphatic carbocycles. The molecule has 3 rings (SSSR count). The zero-order chi connectivity index (χ0) is 11.8. The van der Waals surface area contributed by atoms with Crippen molar-refractivity contribution < 1.29 is 0 Å². The van der Waals surface area contributed by atoms with E-state index in [0.717, 1.165) is 11.1 Å². The average molecular weight is 244 g/mol. The van der Waals surface area contributed by atoms with Crippen LogP contribution in [0.25, 0.3) is 21.3 Å². The number of rotatable bonds is 1. The molecular weight excluding hydrogens is 236 g/mol. The number of thiophene rings is 1. The minimum absolute atomic E-state index is 0.141. The van der Waals surface area contributed by atoms with Gasteiger partial charge in [-0.15, -0.1) is 11.3 Å². The first-order valence-corrected chi connectivity index (χ1v) is 5.81. The van der Waals surface area contributed by atoms with E-state index in [2.05, 4.69) is 15.0 Å². The number of nitrogens with one attached hydrogen (secondary N) is 1. The molecule has 0 aliphatic rings. The lowest BCUT2D eigenvalue weighted by Gasteiger charge is -1.98. The highest BCUT2D eigenvalue weighted by Gasteiger charge is 2.11. The van der Waals surface area contributed by atoms with Crippen molar-refractivity contribution in [1.29, 1.82) is 0 Å². The lowest BCUT2D eigenvalue weighted by molar-refractivity contribution is 1.20. The van der Waals surface area contributed by atoms with Crippen molar-refractivity contribution in [3.8, 4) is 11.1 Å². The Balaban J connectivity index is 2.37. The number of fused-ring (bicyclic) bond motifs is 1. The standard InChI is InChI=1S/C11H8N4OS/c12-11-14-9(16)8-7(5-17-10(8)15-11)6-2-1-3-13-4-6/h1-5H,(H3,12,14,15,16). The lowest BCUT2D eigenvalue weighted by Crippen LogP contribution is -2.10. The SMILES string of the molecule is Nc1nc2scc(-c3cccnc3)c2c(=O)[nH]1. The molecule has 84 valence electrons. The first-order chi connectivity index (χ1) is 8.25. The number of aromatic amines is 1. The Morgan fingerprint density at radius 1 is 1.41 bits per heavy atom. The third-order valence-electron chi connectivity index (χ3n) is 2.43. The minimum atomic E-state index is -0.215. The van der Waals surface area contributed by atoms with E-state index in [9.17, 15) is 4.79 Å². The fourth-order valence-corrected chi connectivity index (χ4v) is 2.66. The van der Waals surface area contributed by atoms with Gasteiger partial charge in [-0.25, -0.2) is 4.98 Å². The predicted octanol–water partition coefficient (Wildman–Crippen LogP) is 1.63. The van der Waals surface area contributed by atoms with E-state index in [1.807, 2.05) is 17.5 Å². The van der Waals surface area contributed by atoms with Crippen molar-refractivity contribution in [3.63, 3.8) is 0 Å². The van der Waals surface area contributed by atoms with E-state index < -0.39 is 0 Å². The highest BCUT2D eigenvalue weighted by Crippen LogP contribution is 2.29. The number of anilines is 1. The minimum Gasteiger partial charge on any atom is -0.369 e. The fraction of sp³-hybridized carbons (Fsp3) is 0. The van der Waals surface area contributed by atoms with Crippen molar-refractivity contribution in [2.45, 2.75) is 0 Å². The van der Waals surface area contributed by atoms with Gasteiger partial charge in [-0.2, -0.15) is 0 Å². The van der Waals surface area contributed by atoms with Crippen LogP contribution >= 0.6 is 11.3 Å². The molecule has 0 spiro atoms. The smallest absolute Gasteiger partial charge is 0.261 e. The predicted molar refractivity (Wildman–Crippen MR) is 67.9 cm³/mol. The molecule has 0 aromatic carbocycles. The molecule has 0 fully saturated rings. The summed E-state index contributed by atoms with van der Waals surface area (Å²) >= 11 is 1.40. The summed E-state index contributed by atoms with van der Waals surface area (Å²) in [7, 11) is 0. The molecule has 5 nitrogen and oxygen atoms in total. The second kappa shape index (κ2) is 3.67. The third kappa shape index (κ3) is 1.58. The number of nitrogens with zero attached hydrogens (tertiary/aromatic N) is 2. The molecule has 17 heavy (non-hydrogen) atoms. The van der Waals surface area contributed by atoms with E-state index in [1.54, 1.807) is 12.4 Å². The van der Waals surface area contributed by atoms with Crippen LogP contribution in [-0.4, -0.2) is 15.0 Å². The Kier molecular flexibility index (Phi) is 2.15. The normalized spacial score (nSPS) is 10.8. The van der Waals surface area contributed by atoms with Crippen LogP contribution < -0.4 is 11.3 Å². The molecule has 0 saturated carbocycles. The monoisotopic (exact) mass is 244 g/mol. The molecule has 0 radical (unpaired) electrons. The van der Waals surface area contributed by atoms with Crippen LogP contribution in [0.4, 0.5) is 5.95 Å². The lowest BCUT2D eigenvalue weighted by atomic mass is 10.1. The first-order valence-electron chi connectivity index (χ1n) is 4.93.